The van der Waals surface area contributed by atoms with E-state index in [2.05, 4.69) is 0 Å². The van der Waals surface area contributed by atoms with Crippen molar-refractivity contribution < 1.29 is 168 Å². The Morgan fingerprint density at radius 3 is 1.24 bits per heavy atom. The highest BCUT2D eigenvalue weighted by Gasteiger charge is 2.58. The molecule has 570 valence electrons. The van der Waals surface area contributed by atoms with Crippen LogP contribution in [0, 0.1) is 29.6 Å². The second-order valence-corrected chi connectivity index (χ2v) is 28.7. The van der Waals surface area contributed by atoms with E-state index >= 15 is 0 Å². The summed E-state index contributed by atoms with van der Waals surface area (Å²) in [6.45, 7) is -2.80. The van der Waals surface area contributed by atoms with E-state index in [9.17, 15) is 111 Å². The zero-order valence-corrected chi connectivity index (χ0v) is 55.1. The molecule has 0 aromatic carbocycles. The molecule has 5 aliphatic carbocycles. The minimum absolute atomic E-state index is 0.00103. The van der Waals surface area contributed by atoms with Crippen LogP contribution in [0.1, 0.15) is 103 Å². The number of hydrogen-bond donors (Lipinski definition) is 19. The zero-order valence-electron chi connectivity index (χ0n) is 55.1. The highest BCUT2D eigenvalue weighted by Crippen LogP contribution is 2.45. The number of hydrogen-bond acceptors (Lipinski definition) is 33. The number of esters is 3. The standard InChI is InChI=1S/C66H102O34/c67-23-43-50(78)54(82)58(86)64(96-43)94-41-21-32(69)20-40-33(41)22-42(61(92-40)30-7-9-31(68)10-8-30)95-66-62(100-65-60(88)56(84)52(80)45(98-65)25-90-48(76)15-5-28-2-12-35(71)37(73)18-28)57(85)53(81)46(99-66)26-91-49(77)16-6-29-3-13-39(38(74)19-29)93-63-59(87)55(83)51(79)44(97-63)24-89-47(75)14-4-27-1-11-34(70)36(72)17-27/h4-6,14-16,27-46,50-74,78-88H,1-3,7-13,17-26H2/p+1/t27?,28?,29?,30?,31?,32?,33?,34?,35?,36?,37?,38?,39?,40?,41?,42?,43-,44-,45-,46-,50-,51-,52-,53-,54+,55+,56+,57+,58-,59-,60-,61?,62-,63-,64-,65+,66-/m1/s1. The predicted octanol–water partition coefficient (Wildman–Crippen LogP) is -7.12. The van der Waals surface area contributed by atoms with E-state index in [4.69, 9.17) is 56.8 Å². The lowest BCUT2D eigenvalue weighted by molar-refractivity contribution is -0.389. The van der Waals surface area contributed by atoms with Gasteiger partial charge in [-0.25, -0.2) is 14.4 Å². The molecule has 10 rings (SSSR count). The van der Waals surface area contributed by atoms with E-state index in [0.29, 0.717) is 51.4 Å². The normalized spacial score (nSPS) is 48.3. The number of rotatable bonds is 22. The quantitative estimate of drug-likeness (QED) is 0.0207. The largest absolute Gasteiger partial charge is 0.460 e. The maximum Gasteiger partial charge on any atom is 0.330 e. The molecule has 0 radical (unpaired) electrons. The summed E-state index contributed by atoms with van der Waals surface area (Å²) in [5.41, 5.74) is 0. The van der Waals surface area contributed by atoms with Crippen molar-refractivity contribution in [2.24, 2.45) is 29.6 Å². The zero-order chi connectivity index (χ0) is 72.0. The Morgan fingerprint density at radius 2 is 0.770 bits per heavy atom. The maximum absolute atomic E-state index is 13.6. The maximum atomic E-state index is 13.6. The summed E-state index contributed by atoms with van der Waals surface area (Å²) in [4.78, 5) is 39.1. The van der Waals surface area contributed by atoms with Crippen molar-refractivity contribution in [2.75, 3.05) is 26.4 Å². The van der Waals surface area contributed by atoms with Crippen molar-refractivity contribution in [1.29, 1.82) is 0 Å². The van der Waals surface area contributed by atoms with E-state index in [-0.39, 0.29) is 69.1 Å². The molecule has 34 heteroatoms. The van der Waals surface area contributed by atoms with Gasteiger partial charge in [0.2, 0.25) is 0 Å². The number of carbonyl (C=O) groups is 3. The lowest BCUT2D eigenvalue weighted by Gasteiger charge is -2.50. The van der Waals surface area contributed by atoms with Gasteiger partial charge in [0.05, 0.1) is 67.5 Å². The van der Waals surface area contributed by atoms with Crippen LogP contribution >= 0.6 is 0 Å². The molecule has 15 unspecified atom stereocenters. The second kappa shape index (κ2) is 35.7. The smallest absolute Gasteiger partial charge is 0.330 e. The molecular weight excluding hydrogens is 1340 g/mol. The number of allylic oxidation sites excluding steroid dienone is 3. The molecule has 5 heterocycles. The Bertz CT molecular complexity index is 2680. The highest BCUT2D eigenvalue weighted by molar-refractivity contribution is 5.82. The van der Waals surface area contributed by atoms with Crippen LogP contribution in [-0.2, 0) is 66.5 Å². The topological polar surface area (TPSA) is 550 Å². The molecule has 0 aromatic heterocycles. The summed E-state index contributed by atoms with van der Waals surface area (Å²) in [7, 11) is 0. The van der Waals surface area contributed by atoms with Gasteiger partial charge in [-0.15, -0.1) is 0 Å². The second-order valence-electron chi connectivity index (χ2n) is 28.7. The predicted molar refractivity (Wildman–Crippen MR) is 331 cm³/mol. The summed E-state index contributed by atoms with van der Waals surface area (Å²) in [5, 5.41) is 205. The van der Waals surface area contributed by atoms with Gasteiger partial charge in [-0.3, -0.25) is 0 Å². The van der Waals surface area contributed by atoms with Gasteiger partial charge in [-0.2, -0.15) is 0 Å². The fraction of sp³-hybridized carbons (Fsp3) is 0.864. The van der Waals surface area contributed by atoms with Gasteiger partial charge in [-0.05, 0) is 108 Å². The SMILES string of the molecule is O=C(C=CC1CCC(O)C(O)C1)OC[C@H]1O[C@@H](OC2CCC(C=CC(=O)OC[C@H]3O[C@@H](OC4CC5C(O[C@@H]6O[C@H](CO)[C@@H](O)[C@H](O)[C@H]6O)CC(O)CC5[OH+]C4C4CCC(O)CC4)[C@H](O[C@@H]4O[C@H](COC(=O)C=CC5CCC(O)C(O)C5)[C@@H](O)[C@H](O)[C@H]4O)[C@@H](O)[C@@H]3O)CC2O)[C@H](O)[C@@H](O)[C@@H]1O. The van der Waals surface area contributed by atoms with Gasteiger partial charge in [0.15, 0.2) is 37.4 Å². The van der Waals surface area contributed by atoms with Crippen molar-refractivity contribution in [3.63, 3.8) is 0 Å². The average Bonchev–Trinajstić information content (AvgIpc) is 0.767. The summed E-state index contributed by atoms with van der Waals surface area (Å²) in [6.07, 6.45) is -34.5. The minimum atomic E-state index is -2.09. The van der Waals surface area contributed by atoms with Crippen LogP contribution in [0.2, 0.25) is 0 Å². The Kier molecular flexibility index (Phi) is 28.3. The van der Waals surface area contributed by atoms with Crippen LogP contribution in [0.25, 0.3) is 0 Å². The van der Waals surface area contributed by atoms with E-state index in [0.717, 1.165) is 18.2 Å². The van der Waals surface area contributed by atoms with Gasteiger partial charge in [0.1, 0.15) is 124 Å². The lowest BCUT2D eigenvalue weighted by Crippen LogP contribution is -2.66. The van der Waals surface area contributed by atoms with E-state index in [1.54, 1.807) is 6.08 Å². The van der Waals surface area contributed by atoms with Crippen LogP contribution in [-0.4, -0.2) is 342 Å². The van der Waals surface area contributed by atoms with E-state index < -0.39 is 252 Å². The molecule has 10 fully saturated rings. The Morgan fingerprint density at radius 1 is 0.360 bits per heavy atom. The third-order valence-electron chi connectivity index (χ3n) is 21.6. The van der Waals surface area contributed by atoms with Gasteiger partial charge in [0.25, 0.3) is 0 Å². The molecule has 0 bridgehead atoms. The number of aliphatic hydroxyl groups excluding tert-OH is 19. The van der Waals surface area contributed by atoms with Crippen LogP contribution in [0.3, 0.4) is 0 Å². The summed E-state index contributed by atoms with van der Waals surface area (Å²) in [5.74, 6) is -4.59. The average molecular weight is 1440 g/mol. The molecule has 0 spiro atoms. The fourth-order valence-corrected chi connectivity index (χ4v) is 15.5. The molecular formula is C66H103O34+. The van der Waals surface area contributed by atoms with Gasteiger partial charge in [0, 0.05) is 37.0 Å². The third kappa shape index (κ3) is 19.6. The molecule has 10 aliphatic rings. The molecule has 0 aromatic rings. The van der Waals surface area contributed by atoms with Crippen LogP contribution < -0.4 is 0 Å². The van der Waals surface area contributed by atoms with Crippen molar-refractivity contribution in [1.82, 2.24) is 0 Å². The molecule has 5 aliphatic heterocycles. The van der Waals surface area contributed by atoms with Crippen molar-refractivity contribution in [3.8, 4) is 0 Å². The highest BCUT2D eigenvalue weighted by atomic mass is 16.8. The Balaban J connectivity index is 0.810. The first-order chi connectivity index (χ1) is 47.6. The molecule has 0 amide bonds. The molecule has 35 atom stereocenters. The van der Waals surface area contributed by atoms with Gasteiger partial charge < -0.3 is 154 Å². The van der Waals surface area contributed by atoms with Crippen molar-refractivity contribution in [2.45, 2.75) is 299 Å². The Labute approximate surface area is 575 Å². The van der Waals surface area contributed by atoms with Gasteiger partial charge in [-0.1, -0.05) is 18.2 Å². The first-order valence-electron chi connectivity index (χ1n) is 35.0. The van der Waals surface area contributed by atoms with E-state index in [1.165, 1.54) is 12.2 Å². The summed E-state index contributed by atoms with van der Waals surface area (Å²) < 4.78 is 70.5. The molecule has 34 nitrogen and oxygen atoms in total. The Hall–Kier alpha value is -3.49. The van der Waals surface area contributed by atoms with Crippen LogP contribution in [0.4, 0.5) is 0 Å². The van der Waals surface area contributed by atoms with Crippen molar-refractivity contribution >= 4 is 17.9 Å². The first-order valence-corrected chi connectivity index (χ1v) is 35.0. The van der Waals surface area contributed by atoms with E-state index in [1.807, 2.05) is 0 Å². The monoisotopic (exact) mass is 1440 g/mol. The molecule has 5 saturated carbocycles. The van der Waals surface area contributed by atoms with Crippen LogP contribution in [0.5, 0.6) is 0 Å². The number of carbonyl (C=O) groups excluding carboxylic acids is 3. The summed E-state index contributed by atoms with van der Waals surface area (Å²) in [6, 6.07) is 0. The summed E-state index contributed by atoms with van der Waals surface area (Å²) >= 11 is 0. The minimum Gasteiger partial charge on any atom is -0.460 e. The molecule has 5 saturated heterocycles. The molecule has 100 heavy (non-hydrogen) atoms. The lowest BCUT2D eigenvalue weighted by atomic mass is 9.73. The first kappa shape index (κ1) is 79.1. The molecule has 20 N–H and O–H groups in total. The fourth-order valence-electron chi connectivity index (χ4n) is 15.5. The number of fused-ring (bicyclic) bond motifs is 1. The van der Waals surface area contributed by atoms with Crippen molar-refractivity contribution in [3.05, 3.63) is 36.5 Å². The number of aliphatic hydroxyl groups is 21. The van der Waals surface area contributed by atoms with Gasteiger partial charge >= 0.3 is 17.9 Å². The van der Waals surface area contributed by atoms with Crippen LogP contribution in [0.15, 0.2) is 36.5 Å². The number of ether oxygens (including phenoxy) is 12. The third-order valence-corrected chi connectivity index (χ3v) is 21.6.